The van der Waals surface area contributed by atoms with E-state index in [9.17, 15) is 10.1 Å². The van der Waals surface area contributed by atoms with Gasteiger partial charge in [-0.25, -0.2) is 4.98 Å². The number of nitrogens with zero attached hydrogens (tertiary/aromatic N) is 4. The number of nitrogen functional groups attached to an aromatic ring is 1. The highest BCUT2D eigenvalue weighted by Crippen LogP contribution is 2.33. The molecule has 108 valence electrons. The van der Waals surface area contributed by atoms with Gasteiger partial charge in [-0.2, -0.15) is 0 Å². The topological polar surface area (TPSA) is 88.5 Å². The molecule has 7 heteroatoms. The third-order valence-electron chi connectivity index (χ3n) is 4.28. The Balaban J connectivity index is 1.95. The van der Waals surface area contributed by atoms with Gasteiger partial charge in [-0.05, 0) is 32.4 Å². The Morgan fingerprint density at radius 2 is 2.25 bits per heavy atom. The molecular weight excluding hydrogens is 258 g/mol. The molecule has 3 heterocycles. The molecule has 2 aliphatic rings. The van der Waals surface area contributed by atoms with Crippen LogP contribution in [0, 0.1) is 10.1 Å². The van der Waals surface area contributed by atoms with Crippen molar-refractivity contribution in [2.24, 2.45) is 0 Å². The van der Waals surface area contributed by atoms with Gasteiger partial charge in [-0.1, -0.05) is 0 Å². The van der Waals surface area contributed by atoms with Crippen molar-refractivity contribution < 1.29 is 4.92 Å². The molecule has 7 nitrogen and oxygen atoms in total. The van der Waals surface area contributed by atoms with Gasteiger partial charge in [0, 0.05) is 31.2 Å². The number of rotatable bonds is 2. The average molecular weight is 277 g/mol. The van der Waals surface area contributed by atoms with Gasteiger partial charge in [0.15, 0.2) is 0 Å². The third-order valence-corrected chi connectivity index (χ3v) is 4.28. The summed E-state index contributed by atoms with van der Waals surface area (Å²) >= 11 is 0. The first-order valence-electron chi connectivity index (χ1n) is 6.98. The molecule has 2 atom stereocenters. The lowest BCUT2D eigenvalue weighted by molar-refractivity contribution is -0.384. The summed E-state index contributed by atoms with van der Waals surface area (Å²) in [7, 11) is 0. The molecule has 2 N–H and O–H groups in total. The van der Waals surface area contributed by atoms with Gasteiger partial charge in [0.1, 0.15) is 5.82 Å². The molecule has 2 unspecified atom stereocenters. The first-order valence-corrected chi connectivity index (χ1v) is 6.98. The number of piperazine rings is 1. The zero-order valence-corrected chi connectivity index (χ0v) is 11.5. The van der Waals surface area contributed by atoms with Crippen molar-refractivity contribution in [2.45, 2.75) is 31.8 Å². The number of nitro groups is 1. The minimum atomic E-state index is -0.379. The van der Waals surface area contributed by atoms with Crippen LogP contribution in [0.1, 0.15) is 19.8 Å². The van der Waals surface area contributed by atoms with E-state index in [0.29, 0.717) is 17.7 Å². The molecule has 0 aromatic carbocycles. The van der Waals surface area contributed by atoms with E-state index in [0.717, 1.165) is 26.1 Å². The molecule has 20 heavy (non-hydrogen) atoms. The van der Waals surface area contributed by atoms with Gasteiger partial charge in [0.25, 0.3) is 0 Å². The van der Waals surface area contributed by atoms with Gasteiger partial charge in [-0.3, -0.25) is 15.0 Å². The summed E-state index contributed by atoms with van der Waals surface area (Å²) in [5.74, 6) is 0.737. The van der Waals surface area contributed by atoms with Gasteiger partial charge >= 0.3 is 5.69 Å². The Morgan fingerprint density at radius 1 is 1.45 bits per heavy atom. The first kappa shape index (κ1) is 13.1. The number of hydrogen-bond acceptors (Lipinski definition) is 6. The fourth-order valence-corrected chi connectivity index (χ4v) is 3.29. The van der Waals surface area contributed by atoms with E-state index in [1.165, 1.54) is 18.6 Å². The van der Waals surface area contributed by atoms with E-state index in [2.05, 4.69) is 16.8 Å². The summed E-state index contributed by atoms with van der Waals surface area (Å²) in [5, 5.41) is 11.2. The van der Waals surface area contributed by atoms with Crippen LogP contribution in [-0.2, 0) is 0 Å². The quantitative estimate of drug-likeness (QED) is 0.646. The average Bonchev–Trinajstić information content (AvgIpc) is 2.84. The van der Waals surface area contributed by atoms with Crippen molar-refractivity contribution in [3.63, 3.8) is 0 Å². The highest BCUT2D eigenvalue weighted by atomic mass is 16.6. The summed E-state index contributed by atoms with van der Waals surface area (Å²) in [6.07, 6.45) is 2.36. The maximum atomic E-state index is 11.2. The van der Waals surface area contributed by atoms with Crippen LogP contribution >= 0.6 is 0 Å². The van der Waals surface area contributed by atoms with Crippen molar-refractivity contribution in [3.8, 4) is 0 Å². The number of pyridine rings is 1. The smallest absolute Gasteiger partial charge is 0.311 e. The summed E-state index contributed by atoms with van der Waals surface area (Å²) in [6.45, 7) is 4.94. The molecule has 2 aliphatic heterocycles. The molecule has 0 bridgehead atoms. The van der Waals surface area contributed by atoms with Crippen molar-refractivity contribution in [1.82, 2.24) is 9.88 Å². The summed E-state index contributed by atoms with van der Waals surface area (Å²) in [5.41, 5.74) is 5.76. The lowest BCUT2D eigenvalue weighted by Gasteiger charge is -2.42. The second kappa shape index (κ2) is 4.90. The van der Waals surface area contributed by atoms with Gasteiger partial charge in [0.05, 0.1) is 4.92 Å². The van der Waals surface area contributed by atoms with E-state index in [1.807, 2.05) is 4.90 Å². The summed E-state index contributed by atoms with van der Waals surface area (Å²) < 4.78 is 0. The number of fused-ring (bicyclic) bond motifs is 1. The number of hydrogen-bond donors (Lipinski definition) is 1. The molecule has 1 aromatic heterocycles. The van der Waals surface area contributed by atoms with Crippen molar-refractivity contribution in [1.29, 1.82) is 0 Å². The third kappa shape index (κ3) is 2.18. The Hall–Kier alpha value is -1.89. The number of aromatic nitrogens is 1. The van der Waals surface area contributed by atoms with Crippen molar-refractivity contribution in [3.05, 3.63) is 22.2 Å². The summed E-state index contributed by atoms with van der Waals surface area (Å²) in [4.78, 5) is 19.6. The van der Waals surface area contributed by atoms with E-state index in [4.69, 9.17) is 5.73 Å². The lowest BCUT2D eigenvalue weighted by Crippen LogP contribution is -2.55. The van der Waals surface area contributed by atoms with E-state index in [-0.39, 0.29) is 16.7 Å². The van der Waals surface area contributed by atoms with E-state index in [1.54, 1.807) is 0 Å². The highest BCUT2D eigenvalue weighted by Gasteiger charge is 2.37. The standard InChI is InChI=1S/C13H19N5O2/c1-9-7-16-6-2-3-10(16)8-17(9)13-11(18(19)20)4-5-12(14)15-13/h4-5,9-10H,2-3,6-8H2,1H3,(H2,14,15). The molecule has 0 radical (unpaired) electrons. The molecule has 0 aliphatic carbocycles. The number of nitrogens with two attached hydrogens (primary N) is 1. The molecule has 2 fully saturated rings. The zero-order chi connectivity index (χ0) is 14.3. The Labute approximate surface area is 117 Å². The monoisotopic (exact) mass is 277 g/mol. The minimum absolute atomic E-state index is 0.0393. The van der Waals surface area contributed by atoms with Crippen LogP contribution in [0.3, 0.4) is 0 Å². The number of anilines is 2. The largest absolute Gasteiger partial charge is 0.384 e. The molecule has 0 saturated carbocycles. The first-order chi connectivity index (χ1) is 9.56. The normalized spacial score (nSPS) is 26.6. The van der Waals surface area contributed by atoms with Crippen LogP contribution in [-0.4, -0.2) is 46.5 Å². The predicted molar refractivity (Wildman–Crippen MR) is 76.7 cm³/mol. The molecule has 1 aromatic rings. The SMILES string of the molecule is CC1CN2CCCC2CN1c1nc(N)ccc1[N+](=O)[O-]. The maximum Gasteiger partial charge on any atom is 0.311 e. The Kier molecular flexibility index (Phi) is 3.21. The van der Waals surface area contributed by atoms with Crippen LogP contribution in [0.5, 0.6) is 0 Å². The summed E-state index contributed by atoms with van der Waals surface area (Å²) in [6, 6.07) is 3.62. The van der Waals surface area contributed by atoms with E-state index < -0.39 is 0 Å². The maximum absolute atomic E-state index is 11.2. The van der Waals surface area contributed by atoms with Crippen LogP contribution in [0.4, 0.5) is 17.3 Å². The second-order valence-corrected chi connectivity index (χ2v) is 5.63. The molecular formula is C13H19N5O2. The van der Waals surface area contributed by atoms with Crippen molar-refractivity contribution in [2.75, 3.05) is 30.3 Å². The Bertz CT molecular complexity index is 535. The van der Waals surface area contributed by atoms with Crippen LogP contribution in [0.2, 0.25) is 0 Å². The van der Waals surface area contributed by atoms with Gasteiger partial charge in [0.2, 0.25) is 5.82 Å². The minimum Gasteiger partial charge on any atom is -0.384 e. The van der Waals surface area contributed by atoms with Crippen LogP contribution in [0.25, 0.3) is 0 Å². The second-order valence-electron chi connectivity index (χ2n) is 5.63. The van der Waals surface area contributed by atoms with Crippen molar-refractivity contribution >= 4 is 17.3 Å². The fraction of sp³-hybridized carbons (Fsp3) is 0.615. The van der Waals surface area contributed by atoms with Gasteiger partial charge in [-0.15, -0.1) is 0 Å². The molecule has 2 saturated heterocycles. The lowest BCUT2D eigenvalue weighted by atomic mass is 10.1. The van der Waals surface area contributed by atoms with Crippen LogP contribution < -0.4 is 10.6 Å². The predicted octanol–water partition coefficient (Wildman–Crippen LogP) is 1.24. The fourth-order valence-electron chi connectivity index (χ4n) is 3.29. The Morgan fingerprint density at radius 3 is 3.00 bits per heavy atom. The zero-order valence-electron chi connectivity index (χ0n) is 11.5. The van der Waals surface area contributed by atoms with E-state index >= 15 is 0 Å². The van der Waals surface area contributed by atoms with Gasteiger partial charge < -0.3 is 10.6 Å². The molecule has 0 amide bonds. The highest BCUT2D eigenvalue weighted by molar-refractivity contribution is 5.62. The van der Waals surface area contributed by atoms with Crippen LogP contribution in [0.15, 0.2) is 12.1 Å². The molecule has 0 spiro atoms. The molecule has 3 rings (SSSR count).